The quantitative estimate of drug-likeness (QED) is 0.456. The molecule has 0 unspecified atom stereocenters. The molecule has 1 saturated heterocycles. The summed E-state index contributed by atoms with van der Waals surface area (Å²) in [5.74, 6) is -0.937. The van der Waals surface area contributed by atoms with Crippen LogP contribution >= 0.6 is 0 Å². The topological polar surface area (TPSA) is 117 Å². The third kappa shape index (κ3) is 5.81. The van der Waals surface area contributed by atoms with Gasteiger partial charge in [0, 0.05) is 18.7 Å². The fourth-order valence-electron chi connectivity index (χ4n) is 3.13. The molecule has 2 rings (SSSR count). The molecule has 0 aliphatic carbocycles. The fraction of sp³-hybridized carbons (Fsp3) is 0.714. The van der Waals surface area contributed by atoms with Crippen LogP contribution in [0.15, 0.2) is 21.9 Å². The number of carbonyl (C=O) groups excluding carboxylic acids is 2. The molecule has 1 aliphatic rings. The van der Waals surface area contributed by atoms with Crippen LogP contribution in [0.5, 0.6) is 0 Å². The zero-order valence-electron chi connectivity index (χ0n) is 19.7. The van der Waals surface area contributed by atoms with Crippen molar-refractivity contribution in [2.75, 3.05) is 6.61 Å². The summed E-state index contributed by atoms with van der Waals surface area (Å²) >= 11 is 0. The Balaban J connectivity index is 2.34. The Hall–Kier alpha value is -2.11. The van der Waals surface area contributed by atoms with Crippen molar-refractivity contribution in [3.63, 3.8) is 0 Å². The van der Waals surface area contributed by atoms with Gasteiger partial charge in [-0.3, -0.25) is 19.1 Å². The number of hydrogen-bond donors (Lipinski definition) is 1. The molecule has 1 fully saturated rings. The summed E-state index contributed by atoms with van der Waals surface area (Å²) in [4.78, 5) is 49.3. The number of alkyl halides is 1. The minimum Gasteiger partial charge on any atom is -0.456 e. The van der Waals surface area contributed by atoms with Gasteiger partial charge in [0.2, 0.25) is 0 Å². The van der Waals surface area contributed by atoms with Crippen molar-refractivity contribution in [1.29, 1.82) is 0 Å². The lowest BCUT2D eigenvalue weighted by atomic mass is 9.98. The average Bonchev–Trinajstić information content (AvgIpc) is 2.88. The van der Waals surface area contributed by atoms with Crippen LogP contribution in [-0.2, 0) is 23.5 Å². The van der Waals surface area contributed by atoms with E-state index in [2.05, 4.69) is 25.8 Å². The second kappa shape index (κ2) is 9.40. The maximum atomic E-state index is 16.0. The summed E-state index contributed by atoms with van der Waals surface area (Å²) in [5, 5.41) is -0.118. The second-order valence-electron chi connectivity index (χ2n) is 9.88. The number of nitrogens with zero attached hydrogens (tertiary/aromatic N) is 1. The molecule has 2 heterocycles. The lowest BCUT2D eigenvalue weighted by Crippen LogP contribution is -2.48. The molecule has 0 bridgehead atoms. The van der Waals surface area contributed by atoms with Gasteiger partial charge in [0.15, 0.2) is 26.3 Å². The monoisotopic (exact) mass is 472 g/mol. The van der Waals surface area contributed by atoms with Gasteiger partial charge in [-0.05, 0) is 32.0 Å². The molecule has 180 valence electrons. The molecule has 1 aromatic heterocycles. The minimum atomic E-state index is -2.31. The highest BCUT2D eigenvalue weighted by Gasteiger charge is 2.58. The summed E-state index contributed by atoms with van der Waals surface area (Å²) < 4.78 is 34.4. The Kier molecular flexibility index (Phi) is 7.68. The molecule has 32 heavy (non-hydrogen) atoms. The average molecular weight is 473 g/mol. The number of esters is 1. The third-order valence-electron chi connectivity index (χ3n) is 6.14. The van der Waals surface area contributed by atoms with Crippen molar-refractivity contribution < 1.29 is 27.9 Å². The van der Waals surface area contributed by atoms with Crippen molar-refractivity contribution in [2.24, 2.45) is 0 Å². The molecular formula is C21H33FN2O7Si. The number of Topliss-reactive ketones (excluding diaryl/α,β-unsaturated/α-hetero) is 1. The van der Waals surface area contributed by atoms with Gasteiger partial charge in [-0.2, -0.15) is 0 Å². The third-order valence-corrected chi connectivity index (χ3v) is 10.6. The maximum Gasteiger partial charge on any atom is 0.330 e. The normalized spacial score (nSPS) is 26.2. The van der Waals surface area contributed by atoms with Gasteiger partial charge in [-0.1, -0.05) is 20.8 Å². The largest absolute Gasteiger partial charge is 0.456 e. The zero-order valence-corrected chi connectivity index (χ0v) is 20.7. The molecule has 0 spiro atoms. The lowest BCUT2D eigenvalue weighted by molar-refractivity contribution is -0.158. The van der Waals surface area contributed by atoms with Crippen LogP contribution in [0.4, 0.5) is 4.39 Å². The maximum absolute atomic E-state index is 16.0. The first-order valence-corrected chi connectivity index (χ1v) is 13.5. The summed E-state index contributed by atoms with van der Waals surface area (Å²) in [6.07, 6.45) is -2.91. The lowest BCUT2D eigenvalue weighted by Gasteiger charge is -2.37. The molecule has 11 heteroatoms. The first-order valence-electron chi connectivity index (χ1n) is 10.5. The van der Waals surface area contributed by atoms with E-state index >= 15 is 4.39 Å². The SMILES string of the molecule is CC(=O)CCC(=O)O[C@@H]1[C@H](CO[Si](C)(C)C(C)(C)C)O[C@@H](n2ccc(=O)[nH]c2=O)[C@]1(C)F. The van der Waals surface area contributed by atoms with Gasteiger partial charge in [0.05, 0.1) is 13.0 Å². The molecule has 0 amide bonds. The van der Waals surface area contributed by atoms with Crippen molar-refractivity contribution in [3.05, 3.63) is 33.1 Å². The number of carbonyl (C=O) groups is 2. The van der Waals surface area contributed by atoms with E-state index in [9.17, 15) is 19.2 Å². The first kappa shape index (κ1) is 26.1. The van der Waals surface area contributed by atoms with Crippen LogP contribution in [0.3, 0.4) is 0 Å². The number of aromatic amines is 1. The molecule has 0 aromatic carbocycles. The second-order valence-corrected chi connectivity index (χ2v) is 14.7. The molecular weight excluding hydrogens is 439 g/mol. The smallest absolute Gasteiger partial charge is 0.330 e. The molecule has 1 N–H and O–H groups in total. The molecule has 0 radical (unpaired) electrons. The van der Waals surface area contributed by atoms with Crippen molar-refractivity contribution in [1.82, 2.24) is 9.55 Å². The number of rotatable bonds is 8. The highest BCUT2D eigenvalue weighted by molar-refractivity contribution is 6.74. The first-order chi connectivity index (χ1) is 14.6. The number of halogens is 1. The van der Waals surface area contributed by atoms with Crippen LogP contribution in [0.2, 0.25) is 18.1 Å². The number of aromatic nitrogens is 2. The Labute approximate surface area is 187 Å². The number of hydrogen-bond acceptors (Lipinski definition) is 7. The van der Waals surface area contributed by atoms with Crippen LogP contribution in [-0.4, -0.2) is 54.1 Å². The van der Waals surface area contributed by atoms with Crippen molar-refractivity contribution >= 4 is 20.1 Å². The van der Waals surface area contributed by atoms with E-state index in [0.717, 1.165) is 16.8 Å². The highest BCUT2D eigenvalue weighted by Crippen LogP contribution is 2.44. The van der Waals surface area contributed by atoms with Gasteiger partial charge in [-0.15, -0.1) is 0 Å². The van der Waals surface area contributed by atoms with Gasteiger partial charge in [0.25, 0.3) is 5.56 Å². The van der Waals surface area contributed by atoms with Crippen molar-refractivity contribution in [2.45, 2.75) is 89.7 Å². The Morgan fingerprint density at radius 2 is 1.91 bits per heavy atom. The Bertz CT molecular complexity index is 964. The van der Waals surface area contributed by atoms with E-state index in [-0.39, 0.29) is 30.3 Å². The molecule has 4 atom stereocenters. The van der Waals surface area contributed by atoms with E-state index in [4.69, 9.17) is 13.9 Å². The minimum absolute atomic E-state index is 0.0244. The van der Waals surface area contributed by atoms with Gasteiger partial charge < -0.3 is 18.7 Å². The number of H-pyrrole nitrogens is 1. The van der Waals surface area contributed by atoms with Crippen molar-refractivity contribution in [3.8, 4) is 0 Å². The number of nitrogens with one attached hydrogen (secondary N) is 1. The summed E-state index contributed by atoms with van der Waals surface area (Å²) in [7, 11) is -2.24. The standard InChI is InChI=1S/C21H33FN2O7Si/c1-13(25)8-9-16(27)31-17-14(12-29-32(6,7)20(2,3)4)30-18(21(17,5)22)24-11-10-15(26)23-19(24)28/h10-11,14,17-18H,8-9,12H2,1-7H3,(H,23,26,28)/t14-,17+,18+,21+/m0/s1. The summed E-state index contributed by atoms with van der Waals surface area (Å²) in [5.41, 5.74) is -3.79. The van der Waals surface area contributed by atoms with E-state index in [1.54, 1.807) is 0 Å². The summed E-state index contributed by atoms with van der Waals surface area (Å²) in [6.45, 7) is 12.7. The highest BCUT2D eigenvalue weighted by atomic mass is 28.4. The molecule has 1 aromatic rings. The Morgan fingerprint density at radius 3 is 2.44 bits per heavy atom. The summed E-state index contributed by atoms with van der Waals surface area (Å²) in [6, 6.07) is 1.08. The fourth-order valence-corrected chi connectivity index (χ4v) is 4.14. The van der Waals surface area contributed by atoms with E-state index in [1.165, 1.54) is 13.8 Å². The van der Waals surface area contributed by atoms with Gasteiger partial charge in [0.1, 0.15) is 11.9 Å². The van der Waals surface area contributed by atoms with E-state index in [1.807, 2.05) is 13.1 Å². The van der Waals surface area contributed by atoms with Crippen LogP contribution in [0.25, 0.3) is 0 Å². The molecule has 0 saturated carbocycles. The van der Waals surface area contributed by atoms with E-state index in [0.29, 0.717) is 0 Å². The van der Waals surface area contributed by atoms with Crippen LogP contribution < -0.4 is 11.2 Å². The van der Waals surface area contributed by atoms with E-state index < -0.39 is 49.6 Å². The van der Waals surface area contributed by atoms with Gasteiger partial charge in [-0.25, -0.2) is 9.18 Å². The number of ether oxygens (including phenoxy) is 2. The van der Waals surface area contributed by atoms with Gasteiger partial charge >= 0.3 is 11.7 Å². The van der Waals surface area contributed by atoms with Crippen LogP contribution in [0, 0.1) is 0 Å². The Morgan fingerprint density at radius 1 is 1.28 bits per heavy atom. The van der Waals surface area contributed by atoms with Crippen LogP contribution in [0.1, 0.15) is 53.7 Å². The predicted octanol–water partition coefficient (Wildman–Crippen LogP) is 2.46. The molecule has 1 aliphatic heterocycles. The molecule has 9 nitrogen and oxygen atoms in total. The number of ketones is 1. The predicted molar refractivity (Wildman–Crippen MR) is 118 cm³/mol. The zero-order chi connectivity index (χ0) is 24.5.